The van der Waals surface area contributed by atoms with E-state index in [1.54, 1.807) is 18.5 Å². The van der Waals surface area contributed by atoms with Crippen molar-refractivity contribution in [1.82, 2.24) is 10.3 Å². The molecule has 1 saturated heterocycles. The normalized spacial score (nSPS) is 16.4. The number of pyridine rings is 1. The average molecular weight is 295 g/mol. The summed E-state index contributed by atoms with van der Waals surface area (Å²) in [5.41, 5.74) is 3.15. The quantitative estimate of drug-likeness (QED) is 0.683. The Bertz CT molecular complexity index is 740. The lowest BCUT2D eigenvalue weighted by Gasteiger charge is -2.14. The Morgan fingerprint density at radius 1 is 1.29 bits per heavy atom. The molecule has 1 aromatic carbocycles. The number of carbonyl (C=O) groups excluding carboxylic acids is 1. The molecule has 104 valence electrons. The fraction of sp³-hybridized carbons (Fsp3) is 0.0625. The van der Waals surface area contributed by atoms with Crippen molar-refractivity contribution in [3.8, 4) is 0 Å². The Morgan fingerprint density at radius 2 is 2.14 bits per heavy atom. The summed E-state index contributed by atoms with van der Waals surface area (Å²) in [6.45, 7) is 1.98. The highest BCUT2D eigenvalue weighted by atomic mass is 32.1. The first-order valence-corrected chi connectivity index (χ1v) is 6.90. The minimum Gasteiger partial charge on any atom is -0.327 e. The number of aromatic nitrogens is 1. The van der Waals surface area contributed by atoms with Crippen LogP contribution >= 0.6 is 12.2 Å². The first kappa shape index (κ1) is 13.5. The summed E-state index contributed by atoms with van der Waals surface area (Å²) in [4.78, 5) is 18.1. The second kappa shape index (κ2) is 5.46. The fourth-order valence-electron chi connectivity index (χ4n) is 2.16. The Kier molecular flexibility index (Phi) is 3.50. The summed E-state index contributed by atoms with van der Waals surface area (Å²) in [7, 11) is 0. The highest BCUT2D eigenvalue weighted by Gasteiger charge is 2.31. The third kappa shape index (κ3) is 2.68. The number of nitrogens with zero attached hydrogens (tertiary/aromatic N) is 2. The maximum Gasteiger partial charge on any atom is 0.281 e. The summed E-state index contributed by atoms with van der Waals surface area (Å²) in [5.74, 6) is -0.158. The van der Waals surface area contributed by atoms with Crippen molar-refractivity contribution in [3.05, 3.63) is 65.6 Å². The number of nitrogens with one attached hydrogen (secondary N) is 1. The Balaban J connectivity index is 1.94. The van der Waals surface area contributed by atoms with Crippen LogP contribution in [0.2, 0.25) is 0 Å². The van der Waals surface area contributed by atoms with Gasteiger partial charge in [0.15, 0.2) is 5.11 Å². The van der Waals surface area contributed by atoms with Crippen LogP contribution in [0.3, 0.4) is 0 Å². The minimum atomic E-state index is -0.158. The number of hydrogen-bond acceptors (Lipinski definition) is 3. The molecule has 0 spiro atoms. The van der Waals surface area contributed by atoms with Gasteiger partial charge in [0, 0.05) is 12.4 Å². The van der Waals surface area contributed by atoms with E-state index in [0.29, 0.717) is 10.8 Å². The molecular weight excluding hydrogens is 282 g/mol. The predicted octanol–water partition coefficient (Wildman–Crippen LogP) is 2.65. The summed E-state index contributed by atoms with van der Waals surface area (Å²) >= 11 is 5.27. The molecule has 1 N–H and O–H groups in total. The van der Waals surface area contributed by atoms with Gasteiger partial charge in [-0.05, 0) is 54.5 Å². The number of anilines is 1. The number of thiocarbonyl (C=S) groups is 1. The molecule has 2 aromatic rings. The second-order valence-corrected chi connectivity index (χ2v) is 5.14. The number of amides is 1. The molecule has 5 heteroatoms. The van der Waals surface area contributed by atoms with Crippen LogP contribution in [0.1, 0.15) is 11.1 Å². The van der Waals surface area contributed by atoms with Gasteiger partial charge in [0.25, 0.3) is 5.91 Å². The minimum absolute atomic E-state index is 0.158. The van der Waals surface area contributed by atoms with Crippen LogP contribution in [-0.2, 0) is 4.79 Å². The molecule has 1 amide bonds. The summed E-state index contributed by atoms with van der Waals surface area (Å²) in [6.07, 6.45) is 5.13. The SMILES string of the molecule is Cc1cccc(N2C(=O)/C(=C\c3cccnc3)NC2=S)c1. The van der Waals surface area contributed by atoms with E-state index in [-0.39, 0.29) is 5.91 Å². The molecule has 1 aromatic heterocycles. The molecule has 1 aliphatic heterocycles. The standard InChI is InChI=1S/C16H13N3OS/c1-11-4-2-6-13(8-11)19-15(20)14(18-16(19)21)9-12-5-3-7-17-10-12/h2-10H,1H3,(H,18,21)/b14-9+. The van der Waals surface area contributed by atoms with Gasteiger partial charge >= 0.3 is 0 Å². The topological polar surface area (TPSA) is 45.2 Å². The summed E-state index contributed by atoms with van der Waals surface area (Å²) < 4.78 is 0. The first-order valence-electron chi connectivity index (χ1n) is 6.49. The van der Waals surface area contributed by atoms with Crippen LogP contribution < -0.4 is 10.2 Å². The molecular formula is C16H13N3OS. The lowest BCUT2D eigenvalue weighted by Crippen LogP contribution is -2.30. The van der Waals surface area contributed by atoms with Crippen molar-refractivity contribution >= 4 is 35.0 Å². The third-order valence-electron chi connectivity index (χ3n) is 3.13. The fourth-order valence-corrected chi connectivity index (χ4v) is 2.46. The molecule has 0 saturated carbocycles. The zero-order valence-electron chi connectivity index (χ0n) is 11.4. The van der Waals surface area contributed by atoms with Crippen molar-refractivity contribution in [2.24, 2.45) is 0 Å². The molecule has 0 aliphatic carbocycles. The van der Waals surface area contributed by atoms with Crippen LogP contribution in [0.25, 0.3) is 6.08 Å². The third-order valence-corrected chi connectivity index (χ3v) is 3.42. The lowest BCUT2D eigenvalue weighted by atomic mass is 10.2. The van der Waals surface area contributed by atoms with Gasteiger partial charge in [-0.15, -0.1) is 0 Å². The van der Waals surface area contributed by atoms with Crippen molar-refractivity contribution < 1.29 is 4.79 Å². The molecule has 0 radical (unpaired) electrons. The smallest absolute Gasteiger partial charge is 0.281 e. The Labute approximate surface area is 128 Å². The van der Waals surface area contributed by atoms with E-state index >= 15 is 0 Å². The number of rotatable bonds is 2. The maximum absolute atomic E-state index is 12.5. The van der Waals surface area contributed by atoms with Gasteiger partial charge < -0.3 is 5.32 Å². The van der Waals surface area contributed by atoms with Crippen LogP contribution in [0, 0.1) is 6.92 Å². The molecule has 1 aliphatic rings. The summed E-state index contributed by atoms with van der Waals surface area (Å²) in [6, 6.07) is 11.4. The van der Waals surface area contributed by atoms with Crippen molar-refractivity contribution in [1.29, 1.82) is 0 Å². The molecule has 4 nitrogen and oxygen atoms in total. The maximum atomic E-state index is 12.5. The molecule has 0 unspecified atom stereocenters. The van der Waals surface area contributed by atoms with Crippen LogP contribution in [0.4, 0.5) is 5.69 Å². The molecule has 3 rings (SSSR count). The number of hydrogen-bond donors (Lipinski definition) is 1. The van der Waals surface area contributed by atoms with E-state index in [1.807, 2.05) is 43.3 Å². The van der Waals surface area contributed by atoms with E-state index in [1.165, 1.54) is 4.90 Å². The van der Waals surface area contributed by atoms with Gasteiger partial charge in [0.2, 0.25) is 0 Å². The van der Waals surface area contributed by atoms with E-state index in [0.717, 1.165) is 16.8 Å². The number of aryl methyl sites for hydroxylation is 1. The van der Waals surface area contributed by atoms with Crippen LogP contribution in [0.15, 0.2) is 54.5 Å². The van der Waals surface area contributed by atoms with E-state index in [4.69, 9.17) is 12.2 Å². The van der Waals surface area contributed by atoms with Crippen molar-refractivity contribution in [2.45, 2.75) is 6.92 Å². The molecule has 21 heavy (non-hydrogen) atoms. The average Bonchev–Trinajstić information content (AvgIpc) is 2.74. The first-order chi connectivity index (χ1) is 10.1. The Morgan fingerprint density at radius 3 is 2.86 bits per heavy atom. The van der Waals surface area contributed by atoms with Crippen LogP contribution in [0.5, 0.6) is 0 Å². The van der Waals surface area contributed by atoms with Crippen LogP contribution in [-0.4, -0.2) is 16.0 Å². The second-order valence-electron chi connectivity index (χ2n) is 4.75. The largest absolute Gasteiger partial charge is 0.327 e. The van der Waals surface area contributed by atoms with E-state index in [9.17, 15) is 4.79 Å². The van der Waals surface area contributed by atoms with Gasteiger partial charge in [-0.25, -0.2) is 0 Å². The number of carbonyl (C=O) groups is 1. The molecule has 0 atom stereocenters. The number of benzene rings is 1. The van der Waals surface area contributed by atoms with Crippen molar-refractivity contribution in [3.63, 3.8) is 0 Å². The van der Waals surface area contributed by atoms with Gasteiger partial charge in [0.1, 0.15) is 5.70 Å². The highest BCUT2D eigenvalue weighted by molar-refractivity contribution is 7.80. The molecule has 0 bridgehead atoms. The monoisotopic (exact) mass is 295 g/mol. The molecule has 1 fully saturated rings. The summed E-state index contributed by atoms with van der Waals surface area (Å²) in [5, 5.41) is 3.35. The van der Waals surface area contributed by atoms with E-state index < -0.39 is 0 Å². The lowest BCUT2D eigenvalue weighted by molar-refractivity contribution is -0.113. The van der Waals surface area contributed by atoms with Gasteiger partial charge in [0.05, 0.1) is 5.69 Å². The highest BCUT2D eigenvalue weighted by Crippen LogP contribution is 2.23. The van der Waals surface area contributed by atoms with Gasteiger partial charge in [-0.1, -0.05) is 18.2 Å². The van der Waals surface area contributed by atoms with Gasteiger partial charge in [-0.2, -0.15) is 0 Å². The predicted molar refractivity (Wildman–Crippen MR) is 86.6 cm³/mol. The van der Waals surface area contributed by atoms with E-state index in [2.05, 4.69) is 10.3 Å². The zero-order chi connectivity index (χ0) is 14.8. The van der Waals surface area contributed by atoms with Crippen molar-refractivity contribution in [2.75, 3.05) is 4.90 Å². The zero-order valence-corrected chi connectivity index (χ0v) is 12.2. The Hall–Kier alpha value is -2.53. The van der Waals surface area contributed by atoms with Gasteiger partial charge in [-0.3, -0.25) is 14.7 Å². The molecule has 2 heterocycles.